The van der Waals surface area contributed by atoms with Crippen LogP contribution in [-0.4, -0.2) is 0 Å². The zero-order valence-electron chi connectivity index (χ0n) is 18.9. The van der Waals surface area contributed by atoms with Gasteiger partial charge in [-0.25, -0.2) is 17.6 Å². The minimum atomic E-state index is -1.69. The zero-order valence-corrected chi connectivity index (χ0v) is 18.9. The highest BCUT2D eigenvalue weighted by atomic mass is 19.2. The second kappa shape index (κ2) is 10.6. The van der Waals surface area contributed by atoms with E-state index in [2.05, 4.69) is 43.0 Å². The van der Waals surface area contributed by atoms with E-state index in [9.17, 15) is 17.6 Å². The first-order valence-corrected chi connectivity index (χ1v) is 11.4. The van der Waals surface area contributed by atoms with Gasteiger partial charge in [0.2, 0.25) is 0 Å². The molecule has 0 N–H and O–H groups in total. The Bertz CT molecular complexity index is 1360. The molecule has 0 fully saturated rings. The number of halogens is 4. The van der Waals surface area contributed by atoms with E-state index in [4.69, 9.17) is 0 Å². The third-order valence-corrected chi connectivity index (χ3v) is 5.87. The van der Waals surface area contributed by atoms with Crippen LogP contribution in [0.4, 0.5) is 17.6 Å². The van der Waals surface area contributed by atoms with E-state index in [1.165, 1.54) is 37.3 Å². The molecule has 0 aliphatic heterocycles. The number of fused-ring (bicyclic) bond motifs is 1. The summed E-state index contributed by atoms with van der Waals surface area (Å²) < 4.78 is 55.2. The summed E-state index contributed by atoms with van der Waals surface area (Å²) in [6.07, 6.45) is 6.08. The molecule has 0 bridgehead atoms. The lowest BCUT2D eigenvalue weighted by Crippen LogP contribution is -1.95. The van der Waals surface area contributed by atoms with Crippen molar-refractivity contribution in [3.8, 4) is 23.0 Å². The molecular formula is C30H24F4. The number of unbranched alkanes of at least 4 members (excludes halogenated alkanes) is 3. The highest BCUT2D eigenvalue weighted by Crippen LogP contribution is 2.27. The van der Waals surface area contributed by atoms with Gasteiger partial charge in [-0.05, 0) is 65.3 Å². The first kappa shape index (κ1) is 23.6. The highest BCUT2D eigenvalue weighted by molar-refractivity contribution is 5.85. The van der Waals surface area contributed by atoms with Crippen molar-refractivity contribution in [2.45, 2.75) is 39.0 Å². The molecule has 0 nitrogen and oxygen atoms in total. The van der Waals surface area contributed by atoms with E-state index in [1.807, 2.05) is 24.3 Å². The van der Waals surface area contributed by atoms with E-state index in [-0.39, 0.29) is 10.9 Å². The third-order valence-electron chi connectivity index (χ3n) is 5.87. The second-order valence-corrected chi connectivity index (χ2v) is 8.38. The standard InChI is InChI=1S/C30H24F4/c1-2-3-4-5-6-20-9-13-23(14-10-20)24-15-11-21(12-16-24)7-8-22-17-25-19-27(32)29(33)30(34)28(25)26(31)18-22/h9-19H,2-6H2,1H3. The number of rotatable bonds is 6. The lowest BCUT2D eigenvalue weighted by Gasteiger charge is -2.05. The van der Waals surface area contributed by atoms with Crippen LogP contribution in [0.25, 0.3) is 21.9 Å². The molecule has 4 rings (SSSR count). The molecule has 4 aromatic rings. The normalized spacial score (nSPS) is 10.9. The monoisotopic (exact) mass is 460 g/mol. The predicted molar refractivity (Wildman–Crippen MR) is 129 cm³/mol. The van der Waals surface area contributed by atoms with Crippen LogP contribution >= 0.6 is 0 Å². The summed E-state index contributed by atoms with van der Waals surface area (Å²) in [5, 5.41) is -0.661. The molecule has 0 aliphatic rings. The molecule has 0 radical (unpaired) electrons. The lowest BCUT2D eigenvalue weighted by atomic mass is 10.00. The Hall–Kier alpha value is -3.58. The summed E-state index contributed by atoms with van der Waals surface area (Å²) in [5.41, 5.74) is 4.48. The molecule has 0 saturated carbocycles. The molecular weight excluding hydrogens is 436 g/mol. The van der Waals surface area contributed by atoms with Gasteiger partial charge in [0.25, 0.3) is 0 Å². The minimum Gasteiger partial charge on any atom is -0.206 e. The molecule has 0 spiro atoms. The maximum absolute atomic E-state index is 14.3. The molecule has 4 aromatic carbocycles. The quantitative estimate of drug-likeness (QED) is 0.117. The Morgan fingerprint density at radius 2 is 1.26 bits per heavy atom. The Morgan fingerprint density at radius 3 is 1.94 bits per heavy atom. The van der Waals surface area contributed by atoms with Crippen LogP contribution in [0, 0.1) is 35.1 Å². The maximum atomic E-state index is 14.3. The van der Waals surface area contributed by atoms with Crippen molar-refractivity contribution in [3.63, 3.8) is 0 Å². The van der Waals surface area contributed by atoms with Crippen LogP contribution in [0.5, 0.6) is 0 Å². The topological polar surface area (TPSA) is 0 Å². The van der Waals surface area contributed by atoms with Gasteiger partial charge in [-0.1, -0.05) is 74.4 Å². The van der Waals surface area contributed by atoms with E-state index in [1.54, 1.807) is 0 Å². The third kappa shape index (κ3) is 5.31. The number of aryl methyl sites for hydroxylation is 1. The van der Waals surface area contributed by atoms with Crippen molar-refractivity contribution < 1.29 is 17.6 Å². The summed E-state index contributed by atoms with van der Waals surface area (Å²) in [6.45, 7) is 2.21. The molecule has 0 saturated heterocycles. The van der Waals surface area contributed by atoms with Crippen LogP contribution < -0.4 is 0 Å². The Labute approximate surface area is 197 Å². The molecule has 4 heteroatoms. The summed E-state index contributed by atoms with van der Waals surface area (Å²) in [5.74, 6) is 0.177. The zero-order chi connectivity index (χ0) is 24.1. The van der Waals surface area contributed by atoms with Gasteiger partial charge in [-0.15, -0.1) is 0 Å². The summed E-state index contributed by atoms with van der Waals surface area (Å²) in [7, 11) is 0. The minimum absolute atomic E-state index is 0.0788. The van der Waals surface area contributed by atoms with Gasteiger partial charge in [0.15, 0.2) is 17.5 Å². The second-order valence-electron chi connectivity index (χ2n) is 8.38. The lowest BCUT2D eigenvalue weighted by molar-refractivity contribution is 0.451. The fourth-order valence-electron chi connectivity index (χ4n) is 3.97. The Morgan fingerprint density at radius 1 is 0.618 bits per heavy atom. The van der Waals surface area contributed by atoms with Crippen LogP contribution in [0.2, 0.25) is 0 Å². The van der Waals surface area contributed by atoms with Crippen molar-refractivity contribution in [2.75, 3.05) is 0 Å². The largest absolute Gasteiger partial charge is 0.206 e. The van der Waals surface area contributed by atoms with Gasteiger partial charge in [0, 0.05) is 11.1 Å². The van der Waals surface area contributed by atoms with Crippen LogP contribution in [0.15, 0.2) is 66.7 Å². The van der Waals surface area contributed by atoms with Gasteiger partial charge < -0.3 is 0 Å². The van der Waals surface area contributed by atoms with Crippen molar-refractivity contribution in [3.05, 3.63) is 107 Å². The summed E-state index contributed by atoms with van der Waals surface area (Å²) in [4.78, 5) is 0. The van der Waals surface area contributed by atoms with Crippen LogP contribution in [-0.2, 0) is 6.42 Å². The smallest absolute Gasteiger partial charge is 0.195 e. The molecule has 0 aliphatic carbocycles. The highest BCUT2D eigenvalue weighted by Gasteiger charge is 2.17. The van der Waals surface area contributed by atoms with Crippen molar-refractivity contribution >= 4 is 10.8 Å². The summed E-state index contributed by atoms with van der Waals surface area (Å²) in [6, 6.07) is 19.4. The van der Waals surface area contributed by atoms with Crippen molar-refractivity contribution in [1.82, 2.24) is 0 Å². The fourth-order valence-corrected chi connectivity index (χ4v) is 3.97. The fraction of sp³-hybridized carbons (Fsp3) is 0.200. The molecule has 0 atom stereocenters. The van der Waals surface area contributed by atoms with E-state index < -0.39 is 28.7 Å². The first-order chi connectivity index (χ1) is 16.5. The van der Waals surface area contributed by atoms with Crippen molar-refractivity contribution in [2.24, 2.45) is 0 Å². The molecule has 172 valence electrons. The molecule has 34 heavy (non-hydrogen) atoms. The van der Waals surface area contributed by atoms with Gasteiger partial charge in [0.05, 0.1) is 5.39 Å². The maximum Gasteiger partial charge on any atom is 0.195 e. The average Bonchev–Trinajstić information content (AvgIpc) is 2.84. The number of hydrogen-bond donors (Lipinski definition) is 0. The van der Waals surface area contributed by atoms with Gasteiger partial charge in [-0.3, -0.25) is 0 Å². The SMILES string of the molecule is CCCCCCc1ccc(-c2ccc(C#Cc3cc(F)c4c(F)c(F)c(F)cc4c3)cc2)cc1. The van der Waals surface area contributed by atoms with Crippen LogP contribution in [0.1, 0.15) is 49.3 Å². The van der Waals surface area contributed by atoms with Crippen molar-refractivity contribution in [1.29, 1.82) is 0 Å². The number of hydrogen-bond acceptors (Lipinski definition) is 0. The Kier molecular flexibility index (Phi) is 7.33. The van der Waals surface area contributed by atoms with Gasteiger partial charge >= 0.3 is 0 Å². The van der Waals surface area contributed by atoms with Gasteiger partial charge in [-0.2, -0.15) is 0 Å². The van der Waals surface area contributed by atoms with E-state index in [0.29, 0.717) is 5.56 Å². The van der Waals surface area contributed by atoms with Gasteiger partial charge in [0.1, 0.15) is 5.82 Å². The average molecular weight is 461 g/mol. The predicted octanol–water partition coefficient (Wildman–Crippen LogP) is 8.59. The van der Waals surface area contributed by atoms with E-state index >= 15 is 0 Å². The molecule has 0 heterocycles. The number of benzene rings is 4. The first-order valence-electron chi connectivity index (χ1n) is 11.4. The molecule has 0 aromatic heterocycles. The van der Waals surface area contributed by atoms with E-state index in [0.717, 1.165) is 29.7 Å². The van der Waals surface area contributed by atoms with Crippen LogP contribution in [0.3, 0.4) is 0 Å². The molecule has 0 unspecified atom stereocenters. The molecule has 0 amide bonds. The Balaban J connectivity index is 1.49. The summed E-state index contributed by atoms with van der Waals surface area (Å²) >= 11 is 0.